The molecule has 1 aromatic carbocycles. The van der Waals surface area contributed by atoms with E-state index in [1.54, 1.807) is 32.2 Å². The van der Waals surface area contributed by atoms with Crippen LogP contribution < -0.4 is 5.73 Å². The maximum Gasteiger partial charge on any atom is 0.134 e. The number of hydrogen-bond acceptors (Lipinski definition) is 2. The van der Waals surface area contributed by atoms with Gasteiger partial charge in [0.15, 0.2) is 0 Å². The molecule has 0 radical (unpaired) electrons. The van der Waals surface area contributed by atoms with Gasteiger partial charge in [0.25, 0.3) is 0 Å². The van der Waals surface area contributed by atoms with Crippen LogP contribution in [0.1, 0.15) is 28.4 Å². The van der Waals surface area contributed by atoms with Gasteiger partial charge in [0, 0.05) is 17.5 Å². The van der Waals surface area contributed by atoms with E-state index < -0.39 is 17.7 Å². The van der Waals surface area contributed by atoms with E-state index in [0.29, 0.717) is 11.1 Å². The molecule has 0 aliphatic heterocycles. The maximum absolute atomic E-state index is 14.0. The smallest absolute Gasteiger partial charge is 0.134 e. The summed E-state index contributed by atoms with van der Waals surface area (Å²) < 4.78 is 27.7. The Bertz CT molecular complexity index is 582. The summed E-state index contributed by atoms with van der Waals surface area (Å²) in [6.07, 6.45) is 1.58. The van der Waals surface area contributed by atoms with Crippen LogP contribution in [0.2, 0.25) is 0 Å². The Morgan fingerprint density at radius 3 is 2.56 bits per heavy atom. The van der Waals surface area contributed by atoms with Crippen molar-refractivity contribution in [3.63, 3.8) is 0 Å². The number of halogens is 2. The summed E-state index contributed by atoms with van der Waals surface area (Å²) in [5, 5.41) is 0. The van der Waals surface area contributed by atoms with E-state index in [1.165, 1.54) is 12.1 Å². The number of aryl methyl sites for hydroxylation is 2. The largest absolute Gasteiger partial charge is 0.320 e. The minimum atomic E-state index is -0.827. The number of nitrogens with two attached hydrogens (primary N) is 1. The molecule has 2 N–H and O–H groups in total. The Morgan fingerprint density at radius 2 is 1.89 bits per heavy atom. The van der Waals surface area contributed by atoms with E-state index in [0.717, 1.165) is 5.69 Å². The molecule has 0 saturated heterocycles. The normalized spacial score (nSPS) is 12.5. The number of aromatic nitrogens is 1. The van der Waals surface area contributed by atoms with Crippen LogP contribution in [0.15, 0.2) is 30.5 Å². The summed E-state index contributed by atoms with van der Waals surface area (Å²) >= 11 is 0. The van der Waals surface area contributed by atoms with Crippen LogP contribution in [-0.2, 0) is 0 Å². The van der Waals surface area contributed by atoms with E-state index in [9.17, 15) is 8.78 Å². The first-order valence-electron chi connectivity index (χ1n) is 5.63. The monoisotopic (exact) mass is 248 g/mol. The Labute approximate surface area is 104 Å². The van der Waals surface area contributed by atoms with Crippen LogP contribution in [0.3, 0.4) is 0 Å². The van der Waals surface area contributed by atoms with Gasteiger partial charge in [-0.15, -0.1) is 0 Å². The molecule has 1 aromatic heterocycles. The van der Waals surface area contributed by atoms with Crippen molar-refractivity contribution < 1.29 is 8.78 Å². The summed E-state index contributed by atoms with van der Waals surface area (Å²) in [7, 11) is 0. The molecule has 18 heavy (non-hydrogen) atoms. The quantitative estimate of drug-likeness (QED) is 0.887. The Balaban J connectivity index is 2.52. The van der Waals surface area contributed by atoms with Crippen molar-refractivity contribution in [3.05, 3.63) is 64.5 Å². The van der Waals surface area contributed by atoms with Crippen LogP contribution in [0.5, 0.6) is 0 Å². The van der Waals surface area contributed by atoms with Gasteiger partial charge >= 0.3 is 0 Å². The van der Waals surface area contributed by atoms with Crippen molar-refractivity contribution >= 4 is 0 Å². The Hall–Kier alpha value is -1.81. The highest BCUT2D eigenvalue weighted by Crippen LogP contribution is 2.26. The second-order valence-electron chi connectivity index (χ2n) is 4.30. The maximum atomic E-state index is 14.0. The van der Waals surface area contributed by atoms with Crippen molar-refractivity contribution in [3.8, 4) is 0 Å². The highest BCUT2D eigenvalue weighted by Gasteiger charge is 2.19. The molecule has 2 nitrogen and oxygen atoms in total. The third kappa shape index (κ3) is 2.24. The SMILES string of the molecule is Cc1cc(C(N)c2c(F)ccc(C)c2F)ccn1. The predicted octanol–water partition coefficient (Wildman–Crippen LogP) is 3.02. The first-order valence-corrected chi connectivity index (χ1v) is 5.63. The van der Waals surface area contributed by atoms with Crippen molar-refractivity contribution in [2.75, 3.05) is 0 Å². The van der Waals surface area contributed by atoms with Crippen LogP contribution in [0, 0.1) is 25.5 Å². The van der Waals surface area contributed by atoms with Crippen molar-refractivity contribution in [1.82, 2.24) is 4.98 Å². The summed E-state index contributed by atoms with van der Waals surface area (Å²) in [5.74, 6) is -1.21. The summed E-state index contributed by atoms with van der Waals surface area (Å²) in [6.45, 7) is 3.39. The van der Waals surface area contributed by atoms with Gasteiger partial charge in [-0.25, -0.2) is 8.78 Å². The topological polar surface area (TPSA) is 38.9 Å². The summed E-state index contributed by atoms with van der Waals surface area (Å²) in [6, 6.07) is 5.21. The minimum absolute atomic E-state index is 0.0967. The van der Waals surface area contributed by atoms with E-state index in [-0.39, 0.29) is 5.56 Å². The molecule has 0 spiro atoms. The molecule has 0 saturated carbocycles. The molecule has 0 aliphatic carbocycles. The minimum Gasteiger partial charge on any atom is -0.320 e. The van der Waals surface area contributed by atoms with Crippen LogP contribution in [0.25, 0.3) is 0 Å². The third-order valence-corrected chi connectivity index (χ3v) is 2.91. The van der Waals surface area contributed by atoms with Gasteiger partial charge in [0.1, 0.15) is 11.6 Å². The number of hydrogen-bond donors (Lipinski definition) is 1. The predicted molar refractivity (Wildman–Crippen MR) is 66.1 cm³/mol. The molecule has 1 heterocycles. The standard InChI is InChI=1S/C14H14F2N2/c1-8-3-4-11(15)12(13(8)16)14(17)10-5-6-18-9(2)7-10/h3-7,14H,17H2,1-2H3. The molecule has 1 unspecified atom stereocenters. The fraction of sp³-hybridized carbons (Fsp3) is 0.214. The molecular formula is C14H14F2N2. The van der Waals surface area contributed by atoms with Gasteiger partial charge < -0.3 is 5.73 Å². The third-order valence-electron chi connectivity index (χ3n) is 2.91. The van der Waals surface area contributed by atoms with E-state index in [1.807, 2.05) is 0 Å². The highest BCUT2D eigenvalue weighted by molar-refractivity contribution is 5.36. The second kappa shape index (κ2) is 4.82. The van der Waals surface area contributed by atoms with Crippen LogP contribution in [0.4, 0.5) is 8.78 Å². The first-order chi connectivity index (χ1) is 8.50. The van der Waals surface area contributed by atoms with Crippen molar-refractivity contribution in [1.29, 1.82) is 0 Å². The number of rotatable bonds is 2. The number of pyridine rings is 1. The van der Waals surface area contributed by atoms with Crippen molar-refractivity contribution in [2.45, 2.75) is 19.9 Å². The zero-order valence-corrected chi connectivity index (χ0v) is 10.2. The lowest BCUT2D eigenvalue weighted by molar-refractivity contribution is 0.538. The number of benzene rings is 1. The van der Waals surface area contributed by atoms with Gasteiger partial charge in [-0.05, 0) is 43.2 Å². The average molecular weight is 248 g/mol. The summed E-state index contributed by atoms with van der Waals surface area (Å²) in [5.41, 5.74) is 7.64. The fourth-order valence-electron chi connectivity index (χ4n) is 1.89. The molecule has 0 bridgehead atoms. The number of nitrogens with zero attached hydrogens (tertiary/aromatic N) is 1. The lowest BCUT2D eigenvalue weighted by atomic mass is 9.97. The molecule has 0 fully saturated rings. The van der Waals surface area contributed by atoms with E-state index >= 15 is 0 Å². The van der Waals surface area contributed by atoms with Gasteiger partial charge in [-0.3, -0.25) is 4.98 Å². The van der Waals surface area contributed by atoms with Crippen molar-refractivity contribution in [2.24, 2.45) is 5.73 Å². The first kappa shape index (κ1) is 12.6. The molecular weight excluding hydrogens is 234 g/mol. The molecule has 2 aromatic rings. The molecule has 1 atom stereocenters. The average Bonchev–Trinajstić information content (AvgIpc) is 2.34. The highest BCUT2D eigenvalue weighted by atomic mass is 19.1. The molecule has 4 heteroatoms. The lowest BCUT2D eigenvalue weighted by Crippen LogP contribution is -2.16. The summed E-state index contributed by atoms with van der Waals surface area (Å²) in [4.78, 5) is 4.04. The zero-order chi connectivity index (χ0) is 13.3. The second-order valence-corrected chi connectivity index (χ2v) is 4.30. The Kier molecular flexibility index (Phi) is 3.39. The fourth-order valence-corrected chi connectivity index (χ4v) is 1.89. The van der Waals surface area contributed by atoms with E-state index in [4.69, 9.17) is 5.73 Å². The van der Waals surface area contributed by atoms with E-state index in [2.05, 4.69) is 4.98 Å². The Morgan fingerprint density at radius 1 is 1.17 bits per heavy atom. The lowest BCUT2D eigenvalue weighted by Gasteiger charge is -2.15. The van der Waals surface area contributed by atoms with Crippen LogP contribution >= 0.6 is 0 Å². The zero-order valence-electron chi connectivity index (χ0n) is 10.2. The molecule has 0 aliphatic rings. The molecule has 94 valence electrons. The van der Waals surface area contributed by atoms with Gasteiger partial charge in [0.2, 0.25) is 0 Å². The van der Waals surface area contributed by atoms with Gasteiger partial charge in [0.05, 0.1) is 6.04 Å². The molecule has 0 amide bonds. The van der Waals surface area contributed by atoms with Gasteiger partial charge in [-0.1, -0.05) is 6.07 Å². The van der Waals surface area contributed by atoms with Crippen LogP contribution in [-0.4, -0.2) is 4.98 Å². The van der Waals surface area contributed by atoms with Gasteiger partial charge in [-0.2, -0.15) is 0 Å². The molecule has 2 rings (SSSR count).